The van der Waals surface area contributed by atoms with E-state index in [1.54, 1.807) is 6.07 Å². The molecule has 0 saturated carbocycles. The average Bonchev–Trinajstić information content (AvgIpc) is 2.96. The van der Waals surface area contributed by atoms with Gasteiger partial charge in [0.2, 0.25) is 5.76 Å². The van der Waals surface area contributed by atoms with Crippen LogP contribution in [0.5, 0.6) is 0 Å². The van der Waals surface area contributed by atoms with Gasteiger partial charge in [0.15, 0.2) is 0 Å². The van der Waals surface area contributed by atoms with Gasteiger partial charge in [0, 0.05) is 13.1 Å². The summed E-state index contributed by atoms with van der Waals surface area (Å²) in [5.41, 5.74) is 0. The highest BCUT2D eigenvalue weighted by molar-refractivity contribution is 5.84. The summed E-state index contributed by atoms with van der Waals surface area (Å²) in [4.78, 5) is 13.0. The zero-order valence-electron chi connectivity index (χ0n) is 9.82. The Kier molecular flexibility index (Phi) is 4.17. The molecule has 1 aliphatic rings. The number of hydrogen-bond acceptors (Lipinski definition) is 4. The van der Waals surface area contributed by atoms with E-state index in [1.165, 1.54) is 32.0 Å². The van der Waals surface area contributed by atoms with Crippen molar-refractivity contribution in [1.29, 1.82) is 0 Å². The van der Waals surface area contributed by atoms with Crippen LogP contribution >= 0.6 is 0 Å². The molecule has 0 unspecified atom stereocenters. The molecule has 2 heterocycles. The largest absolute Gasteiger partial charge is 0.475 e. The highest BCUT2D eigenvalue weighted by Crippen LogP contribution is 2.08. The summed E-state index contributed by atoms with van der Waals surface area (Å²) in [6.07, 6.45) is 2.61. The van der Waals surface area contributed by atoms with Gasteiger partial charge < -0.3 is 19.7 Å². The van der Waals surface area contributed by atoms with Crippen LogP contribution in [0.4, 0.5) is 0 Å². The van der Waals surface area contributed by atoms with Crippen LogP contribution in [0, 0.1) is 0 Å². The molecule has 0 atom stereocenters. The summed E-state index contributed by atoms with van der Waals surface area (Å²) in [5.74, 6) is -0.349. The molecule has 1 aromatic rings. The van der Waals surface area contributed by atoms with Crippen LogP contribution in [0.3, 0.4) is 0 Å². The van der Waals surface area contributed by atoms with E-state index in [4.69, 9.17) is 9.52 Å². The van der Waals surface area contributed by atoms with Crippen LogP contribution in [0.2, 0.25) is 0 Å². The Labute approximate surface area is 100 Å². The number of rotatable bonds is 6. The van der Waals surface area contributed by atoms with Gasteiger partial charge in [-0.1, -0.05) is 0 Å². The maximum absolute atomic E-state index is 10.6. The van der Waals surface area contributed by atoms with Crippen molar-refractivity contribution in [1.82, 2.24) is 10.2 Å². The van der Waals surface area contributed by atoms with E-state index < -0.39 is 5.97 Å². The quantitative estimate of drug-likeness (QED) is 0.728. The lowest BCUT2D eigenvalue weighted by atomic mass is 10.4. The first-order chi connectivity index (χ1) is 8.25. The van der Waals surface area contributed by atoms with Gasteiger partial charge in [-0.3, -0.25) is 0 Å². The maximum atomic E-state index is 10.6. The molecule has 0 aromatic carbocycles. The first kappa shape index (κ1) is 12.1. The van der Waals surface area contributed by atoms with Gasteiger partial charge in [0.05, 0.1) is 6.54 Å². The van der Waals surface area contributed by atoms with Crippen molar-refractivity contribution in [2.24, 2.45) is 0 Å². The molecule has 1 fully saturated rings. The minimum Gasteiger partial charge on any atom is -0.475 e. The van der Waals surface area contributed by atoms with Gasteiger partial charge in [-0.15, -0.1) is 0 Å². The van der Waals surface area contributed by atoms with Gasteiger partial charge >= 0.3 is 5.97 Å². The monoisotopic (exact) mass is 238 g/mol. The molecule has 1 saturated heterocycles. The first-order valence-corrected chi connectivity index (χ1v) is 6.01. The molecule has 0 bridgehead atoms. The number of furan rings is 1. The molecule has 2 rings (SSSR count). The summed E-state index contributed by atoms with van der Waals surface area (Å²) in [5, 5.41) is 11.9. The SMILES string of the molecule is O=C(O)c1ccc(CNCCN2CCCC2)o1. The van der Waals surface area contributed by atoms with Crippen LogP contribution in [-0.4, -0.2) is 42.2 Å². The minimum atomic E-state index is -1.02. The van der Waals surface area contributed by atoms with Crippen LogP contribution in [0.25, 0.3) is 0 Å². The molecule has 1 aromatic heterocycles. The van der Waals surface area contributed by atoms with Crippen LogP contribution in [0.15, 0.2) is 16.5 Å². The van der Waals surface area contributed by atoms with Crippen LogP contribution in [-0.2, 0) is 6.54 Å². The molecule has 17 heavy (non-hydrogen) atoms. The Balaban J connectivity index is 1.65. The van der Waals surface area contributed by atoms with E-state index in [0.717, 1.165) is 13.1 Å². The lowest BCUT2D eigenvalue weighted by Gasteiger charge is -2.14. The zero-order chi connectivity index (χ0) is 12.1. The van der Waals surface area contributed by atoms with Gasteiger partial charge in [0.25, 0.3) is 0 Å². The Morgan fingerprint density at radius 2 is 2.18 bits per heavy atom. The third-order valence-corrected chi connectivity index (χ3v) is 2.98. The fourth-order valence-electron chi connectivity index (χ4n) is 2.04. The fraction of sp³-hybridized carbons (Fsp3) is 0.583. The van der Waals surface area contributed by atoms with Crippen molar-refractivity contribution in [2.75, 3.05) is 26.2 Å². The molecule has 0 spiro atoms. The van der Waals surface area contributed by atoms with E-state index >= 15 is 0 Å². The zero-order valence-corrected chi connectivity index (χ0v) is 9.82. The number of carboxylic acids is 1. The Morgan fingerprint density at radius 3 is 2.82 bits per heavy atom. The van der Waals surface area contributed by atoms with E-state index in [-0.39, 0.29) is 5.76 Å². The predicted molar refractivity (Wildman–Crippen MR) is 63.0 cm³/mol. The molecular formula is C12H18N2O3. The molecule has 0 radical (unpaired) electrons. The maximum Gasteiger partial charge on any atom is 0.371 e. The van der Waals surface area contributed by atoms with Gasteiger partial charge in [-0.05, 0) is 38.1 Å². The van der Waals surface area contributed by atoms with Gasteiger partial charge in [-0.25, -0.2) is 4.79 Å². The fourth-order valence-corrected chi connectivity index (χ4v) is 2.04. The van der Waals surface area contributed by atoms with Crippen LogP contribution in [0.1, 0.15) is 29.2 Å². The summed E-state index contributed by atoms with van der Waals surface area (Å²) in [7, 11) is 0. The standard InChI is InChI=1S/C12H18N2O3/c15-12(16)11-4-3-10(17-11)9-13-5-8-14-6-1-2-7-14/h3-4,13H,1-2,5-9H2,(H,15,16). The molecule has 0 amide bonds. The van der Waals surface area contributed by atoms with Crippen molar-refractivity contribution < 1.29 is 14.3 Å². The topological polar surface area (TPSA) is 65.7 Å². The molecule has 0 aliphatic carbocycles. The van der Waals surface area contributed by atoms with Crippen molar-refractivity contribution in [2.45, 2.75) is 19.4 Å². The predicted octanol–water partition coefficient (Wildman–Crippen LogP) is 1.16. The summed E-state index contributed by atoms with van der Waals surface area (Å²) < 4.78 is 5.14. The third kappa shape index (κ3) is 3.57. The highest BCUT2D eigenvalue weighted by Gasteiger charge is 2.11. The van der Waals surface area contributed by atoms with Gasteiger partial charge in [-0.2, -0.15) is 0 Å². The Morgan fingerprint density at radius 1 is 1.41 bits per heavy atom. The molecule has 2 N–H and O–H groups in total. The molecular weight excluding hydrogens is 220 g/mol. The lowest BCUT2D eigenvalue weighted by Crippen LogP contribution is -2.29. The van der Waals surface area contributed by atoms with Crippen molar-refractivity contribution >= 4 is 5.97 Å². The van der Waals surface area contributed by atoms with E-state index in [2.05, 4.69) is 10.2 Å². The number of aromatic carboxylic acids is 1. The summed E-state index contributed by atoms with van der Waals surface area (Å²) in [6, 6.07) is 3.19. The second-order valence-corrected chi connectivity index (χ2v) is 4.30. The van der Waals surface area contributed by atoms with Crippen molar-refractivity contribution in [3.05, 3.63) is 23.7 Å². The van der Waals surface area contributed by atoms with Gasteiger partial charge in [0.1, 0.15) is 5.76 Å². The number of likely N-dealkylation sites (tertiary alicyclic amines) is 1. The first-order valence-electron chi connectivity index (χ1n) is 6.01. The Hall–Kier alpha value is -1.33. The van der Waals surface area contributed by atoms with Crippen LogP contribution < -0.4 is 5.32 Å². The number of nitrogens with zero attached hydrogens (tertiary/aromatic N) is 1. The van der Waals surface area contributed by atoms with E-state index in [1.807, 2.05) is 0 Å². The normalized spacial score (nSPS) is 16.5. The molecule has 94 valence electrons. The third-order valence-electron chi connectivity index (χ3n) is 2.98. The average molecular weight is 238 g/mol. The van der Waals surface area contributed by atoms with Crippen molar-refractivity contribution in [3.8, 4) is 0 Å². The smallest absolute Gasteiger partial charge is 0.371 e. The second-order valence-electron chi connectivity index (χ2n) is 4.30. The number of carbonyl (C=O) groups is 1. The summed E-state index contributed by atoms with van der Waals surface area (Å²) >= 11 is 0. The highest BCUT2D eigenvalue weighted by atomic mass is 16.4. The second kappa shape index (κ2) is 5.84. The number of nitrogens with one attached hydrogen (secondary N) is 1. The lowest BCUT2D eigenvalue weighted by molar-refractivity contribution is 0.0660. The molecule has 1 aliphatic heterocycles. The number of hydrogen-bond donors (Lipinski definition) is 2. The van der Waals surface area contributed by atoms with E-state index in [9.17, 15) is 4.79 Å². The van der Waals surface area contributed by atoms with Crippen molar-refractivity contribution in [3.63, 3.8) is 0 Å². The molecule has 5 heteroatoms. The summed E-state index contributed by atoms with van der Waals surface area (Å²) in [6.45, 7) is 4.94. The van der Waals surface area contributed by atoms with E-state index in [0.29, 0.717) is 12.3 Å². The Bertz CT molecular complexity index is 370. The molecule has 5 nitrogen and oxygen atoms in total. The number of carboxylic acid groups (broad SMARTS) is 1. The minimum absolute atomic E-state index is 0.00124.